The first-order valence-corrected chi connectivity index (χ1v) is 12.7. The summed E-state index contributed by atoms with van der Waals surface area (Å²) < 4.78 is 21.7. The summed E-state index contributed by atoms with van der Waals surface area (Å²) >= 11 is 3.52. The number of carbonyl (C=O) groups excluding carboxylic acids is 3. The summed E-state index contributed by atoms with van der Waals surface area (Å²) in [6.45, 7) is 1.69. The van der Waals surface area contributed by atoms with Gasteiger partial charge in [0.2, 0.25) is 0 Å². The van der Waals surface area contributed by atoms with Crippen LogP contribution in [0.2, 0.25) is 0 Å². The minimum Gasteiger partial charge on any atom is -0.476 e. The molecule has 2 aliphatic rings. The van der Waals surface area contributed by atoms with Crippen LogP contribution in [-0.4, -0.2) is 44.5 Å². The zero-order valence-electron chi connectivity index (χ0n) is 20.4. The summed E-state index contributed by atoms with van der Waals surface area (Å²) in [5.74, 6) is 0.283. The second-order valence-electron chi connectivity index (χ2n) is 8.61. The minimum absolute atomic E-state index is 0.129. The maximum absolute atomic E-state index is 13.3. The van der Waals surface area contributed by atoms with Crippen LogP contribution in [0.1, 0.15) is 49.7 Å². The number of nitriles is 1. The minimum atomic E-state index is -1.07. The Morgan fingerprint density at radius 3 is 2.65 bits per heavy atom. The lowest BCUT2D eigenvalue weighted by atomic mass is 9.96. The Balaban J connectivity index is 1.61. The van der Waals surface area contributed by atoms with Crippen LogP contribution in [0.25, 0.3) is 0 Å². The van der Waals surface area contributed by atoms with Crippen molar-refractivity contribution in [2.75, 3.05) is 30.5 Å². The molecule has 1 aliphatic carbocycles. The van der Waals surface area contributed by atoms with E-state index in [1.54, 1.807) is 13.0 Å². The highest BCUT2D eigenvalue weighted by Gasteiger charge is 2.35. The van der Waals surface area contributed by atoms with Crippen molar-refractivity contribution in [2.45, 2.75) is 44.6 Å². The molecule has 1 fully saturated rings. The van der Waals surface area contributed by atoms with Crippen molar-refractivity contribution in [1.82, 2.24) is 0 Å². The lowest BCUT2D eigenvalue weighted by Gasteiger charge is -2.33. The van der Waals surface area contributed by atoms with E-state index in [1.165, 1.54) is 30.2 Å². The second kappa shape index (κ2) is 11.5. The summed E-state index contributed by atoms with van der Waals surface area (Å²) in [4.78, 5) is 39.1. The molecule has 1 aliphatic heterocycles. The van der Waals surface area contributed by atoms with Crippen LogP contribution in [0.4, 0.5) is 21.0 Å². The molecule has 1 saturated carbocycles. The second-order valence-corrected chi connectivity index (χ2v) is 9.46. The summed E-state index contributed by atoms with van der Waals surface area (Å²) in [5.41, 5.74) is 1.90. The van der Waals surface area contributed by atoms with Crippen LogP contribution in [0.5, 0.6) is 11.5 Å². The molecule has 10 nitrogen and oxygen atoms in total. The fraction of sp³-hybridized carbons (Fsp3) is 0.385. The fourth-order valence-electron chi connectivity index (χ4n) is 4.52. The first kappa shape index (κ1) is 26.3. The maximum Gasteiger partial charge on any atom is 0.513 e. The zero-order chi connectivity index (χ0) is 26.5. The molecule has 0 bridgehead atoms. The molecule has 1 N–H and O–H groups in total. The average Bonchev–Trinajstić information content (AvgIpc) is 3.44. The van der Waals surface area contributed by atoms with Gasteiger partial charge in [0.15, 0.2) is 6.10 Å². The molecule has 194 valence electrons. The third kappa shape index (κ3) is 5.80. The lowest BCUT2D eigenvalue weighted by molar-refractivity contribution is -0.122. The third-order valence-electron chi connectivity index (χ3n) is 6.29. The van der Waals surface area contributed by atoms with Crippen LogP contribution < -0.4 is 19.7 Å². The van der Waals surface area contributed by atoms with Gasteiger partial charge in [-0.2, -0.15) is 5.26 Å². The molecule has 1 atom stereocenters. The molecule has 4 rings (SSSR count). The number of rotatable bonds is 5. The van der Waals surface area contributed by atoms with Crippen LogP contribution in [0, 0.1) is 11.3 Å². The molecule has 0 saturated heterocycles. The summed E-state index contributed by atoms with van der Waals surface area (Å²) in [6.07, 6.45) is 1.54. The Morgan fingerprint density at radius 2 is 1.97 bits per heavy atom. The predicted molar refractivity (Wildman–Crippen MR) is 137 cm³/mol. The normalized spacial score (nSPS) is 16.7. The van der Waals surface area contributed by atoms with Gasteiger partial charge in [-0.25, -0.2) is 9.59 Å². The van der Waals surface area contributed by atoms with Crippen LogP contribution in [-0.2, 0) is 14.3 Å². The standard InChI is InChI=1S/C26H26BrN3O7/c1-3-35-25(32)30-14-23(36-21-9-8-15(13-28)10-20(21)30)24(31)29-19-12-22(37-26(33)34-2)17(11-18(19)27)16-6-4-5-7-16/h8-12,16,23H,3-7,14H2,1-2H3,(H,29,31). The number of anilines is 2. The molecule has 37 heavy (non-hydrogen) atoms. The van der Waals surface area contributed by atoms with Gasteiger partial charge in [0.1, 0.15) is 11.5 Å². The summed E-state index contributed by atoms with van der Waals surface area (Å²) in [5, 5.41) is 12.0. The van der Waals surface area contributed by atoms with E-state index >= 15 is 0 Å². The number of methoxy groups -OCH3 is 1. The maximum atomic E-state index is 13.3. The van der Waals surface area contributed by atoms with E-state index in [2.05, 4.69) is 26.0 Å². The van der Waals surface area contributed by atoms with Gasteiger partial charge in [-0.15, -0.1) is 0 Å². The van der Waals surface area contributed by atoms with E-state index < -0.39 is 24.3 Å². The topological polar surface area (TPSA) is 127 Å². The average molecular weight is 572 g/mol. The van der Waals surface area contributed by atoms with Gasteiger partial charge >= 0.3 is 12.2 Å². The summed E-state index contributed by atoms with van der Waals surface area (Å²) in [6, 6.07) is 10.0. The van der Waals surface area contributed by atoms with E-state index in [0.29, 0.717) is 27.2 Å². The molecule has 0 spiro atoms. The molecule has 1 unspecified atom stereocenters. The number of carbonyl (C=O) groups is 3. The number of hydrogen-bond acceptors (Lipinski definition) is 8. The Hall–Kier alpha value is -3.78. The van der Waals surface area contributed by atoms with E-state index in [9.17, 15) is 19.6 Å². The van der Waals surface area contributed by atoms with Crippen LogP contribution in [0.15, 0.2) is 34.8 Å². The molecular weight excluding hydrogens is 546 g/mol. The quantitative estimate of drug-likeness (QED) is 0.368. The van der Waals surface area contributed by atoms with E-state index in [1.807, 2.05) is 12.1 Å². The predicted octanol–water partition coefficient (Wildman–Crippen LogP) is 5.49. The molecule has 2 amide bonds. The first-order valence-electron chi connectivity index (χ1n) is 11.9. The van der Waals surface area contributed by atoms with E-state index in [-0.39, 0.29) is 24.8 Å². The number of hydrogen-bond donors (Lipinski definition) is 1. The van der Waals surface area contributed by atoms with Crippen LogP contribution >= 0.6 is 15.9 Å². The van der Waals surface area contributed by atoms with Crippen molar-refractivity contribution in [1.29, 1.82) is 5.26 Å². The number of fused-ring (bicyclic) bond motifs is 1. The Bertz CT molecular complexity index is 1250. The van der Waals surface area contributed by atoms with Crippen molar-refractivity contribution >= 4 is 45.5 Å². The van der Waals surface area contributed by atoms with E-state index in [4.69, 9.17) is 14.2 Å². The summed E-state index contributed by atoms with van der Waals surface area (Å²) in [7, 11) is 1.23. The smallest absolute Gasteiger partial charge is 0.476 e. The van der Waals surface area contributed by atoms with Gasteiger partial charge in [0.05, 0.1) is 43.3 Å². The molecule has 1 heterocycles. The monoisotopic (exact) mass is 571 g/mol. The molecule has 2 aromatic carbocycles. The molecular formula is C26H26BrN3O7. The van der Waals surface area contributed by atoms with Crippen molar-refractivity contribution in [3.8, 4) is 17.6 Å². The number of halogens is 1. The highest BCUT2D eigenvalue weighted by Crippen LogP contribution is 2.43. The lowest BCUT2D eigenvalue weighted by Crippen LogP contribution is -2.49. The van der Waals surface area contributed by atoms with Crippen molar-refractivity contribution in [2.24, 2.45) is 0 Å². The van der Waals surface area contributed by atoms with Gasteiger partial charge < -0.3 is 24.3 Å². The fourth-order valence-corrected chi connectivity index (χ4v) is 4.98. The van der Waals surface area contributed by atoms with Crippen LogP contribution in [0.3, 0.4) is 0 Å². The molecule has 0 aromatic heterocycles. The van der Waals surface area contributed by atoms with Crippen molar-refractivity contribution in [3.63, 3.8) is 0 Å². The Morgan fingerprint density at radius 1 is 1.22 bits per heavy atom. The van der Waals surface area contributed by atoms with Gasteiger partial charge in [-0.1, -0.05) is 12.8 Å². The first-order chi connectivity index (χ1) is 17.8. The number of ether oxygens (including phenoxy) is 4. The highest BCUT2D eigenvalue weighted by molar-refractivity contribution is 9.10. The Labute approximate surface area is 222 Å². The molecule has 2 aromatic rings. The number of nitrogens with zero attached hydrogens (tertiary/aromatic N) is 2. The van der Waals surface area contributed by atoms with Gasteiger partial charge in [-0.05, 0) is 71.4 Å². The van der Waals surface area contributed by atoms with Crippen molar-refractivity contribution in [3.05, 3.63) is 45.9 Å². The van der Waals surface area contributed by atoms with Gasteiger partial charge in [-0.3, -0.25) is 9.69 Å². The number of nitrogens with one attached hydrogen (secondary N) is 1. The largest absolute Gasteiger partial charge is 0.513 e. The van der Waals surface area contributed by atoms with E-state index in [0.717, 1.165) is 31.2 Å². The molecule has 0 radical (unpaired) electrons. The highest BCUT2D eigenvalue weighted by atomic mass is 79.9. The third-order valence-corrected chi connectivity index (χ3v) is 6.95. The van der Waals surface area contributed by atoms with Gasteiger partial charge in [0, 0.05) is 10.5 Å². The van der Waals surface area contributed by atoms with Crippen molar-refractivity contribution < 1.29 is 33.3 Å². The molecule has 11 heteroatoms. The Kier molecular flexibility index (Phi) is 8.18. The number of amides is 2. The number of benzene rings is 2. The zero-order valence-corrected chi connectivity index (χ0v) is 22.0. The van der Waals surface area contributed by atoms with Gasteiger partial charge in [0.25, 0.3) is 5.91 Å². The SMILES string of the molecule is CCOC(=O)N1CC(C(=O)Nc2cc(OC(=O)OC)c(C3CCCC3)cc2Br)Oc2ccc(C#N)cc21.